The number of carboxylic acid groups (broad SMARTS) is 2. The molecule has 0 rings (SSSR count). The van der Waals surface area contributed by atoms with E-state index in [4.69, 9.17) is 10.2 Å². The van der Waals surface area contributed by atoms with Crippen LogP contribution in [0.4, 0.5) is 0 Å². The third kappa shape index (κ3) is 15.6. The zero-order valence-electron chi connectivity index (χ0n) is 4.63. The van der Waals surface area contributed by atoms with Gasteiger partial charge in [-0.1, -0.05) is 0 Å². The van der Waals surface area contributed by atoms with Gasteiger partial charge in [0.05, 0.1) is 12.8 Å². The van der Waals surface area contributed by atoms with Crippen molar-refractivity contribution in [1.82, 2.24) is 0 Å². The summed E-state index contributed by atoms with van der Waals surface area (Å²) in [5, 5.41) is 15.8. The van der Waals surface area contributed by atoms with Crippen LogP contribution in [0.2, 0.25) is 0 Å². The van der Waals surface area contributed by atoms with Crippen molar-refractivity contribution in [2.24, 2.45) is 0 Å². The molecule has 0 aromatic rings. The Morgan fingerprint density at radius 2 is 1.20 bits per heavy atom. The van der Waals surface area contributed by atoms with Crippen molar-refractivity contribution in [2.45, 2.75) is 12.8 Å². The predicted octanol–water partition coefficient (Wildman–Crippen LogP) is -1.81. The average Bonchev–Trinajstić information content (AvgIpc) is 1.61. The molecule has 0 spiro atoms. The first-order valence-electron chi connectivity index (χ1n) is 2.06. The number of rotatable bonds is 3. The van der Waals surface area contributed by atoms with Crippen molar-refractivity contribution < 1.29 is 25.3 Å². The summed E-state index contributed by atoms with van der Waals surface area (Å²) in [6.07, 6.45) is -0.593. The molecular weight excluding hydrogens is 152 g/mol. The number of hydrogen-bond donors (Lipinski definition) is 2. The Balaban J connectivity index is -0.000000245. The molecule has 0 aliphatic carbocycles. The van der Waals surface area contributed by atoms with E-state index in [-0.39, 0.29) is 41.4 Å². The van der Waals surface area contributed by atoms with Crippen LogP contribution < -0.4 is 0 Å². The topological polar surface area (TPSA) is 106 Å². The number of hydrogen-bond acceptors (Lipinski definition) is 2. The number of carbonyl (C=O) groups is 2. The van der Waals surface area contributed by atoms with Gasteiger partial charge in [-0.3, -0.25) is 9.59 Å². The van der Waals surface area contributed by atoms with Gasteiger partial charge in [-0.15, -0.1) is 0 Å². The highest BCUT2D eigenvalue weighted by atomic mass is 24.3. The highest BCUT2D eigenvalue weighted by Gasteiger charge is 2.00. The summed E-state index contributed by atoms with van der Waals surface area (Å²) in [6.45, 7) is 0. The SMILES string of the molecule is O.O=C(O)CCC(=O)O.[MgH2]. The largest absolute Gasteiger partial charge is 0.481 e. The molecule has 0 radical (unpaired) electrons. The van der Waals surface area contributed by atoms with Gasteiger partial charge >= 0.3 is 35.0 Å². The van der Waals surface area contributed by atoms with Crippen molar-refractivity contribution in [3.05, 3.63) is 0 Å². The minimum absolute atomic E-state index is 0. The van der Waals surface area contributed by atoms with Crippen molar-refractivity contribution in [3.8, 4) is 0 Å². The van der Waals surface area contributed by atoms with Gasteiger partial charge in [0, 0.05) is 0 Å². The summed E-state index contributed by atoms with van der Waals surface area (Å²) in [5.74, 6) is -2.15. The summed E-state index contributed by atoms with van der Waals surface area (Å²) >= 11 is 0. The summed E-state index contributed by atoms with van der Waals surface area (Å²) in [4.78, 5) is 19.3. The van der Waals surface area contributed by atoms with Crippen LogP contribution in [-0.2, 0) is 9.59 Å². The third-order valence-corrected chi connectivity index (χ3v) is 0.553. The van der Waals surface area contributed by atoms with Gasteiger partial charge in [-0.05, 0) is 0 Å². The van der Waals surface area contributed by atoms with Crippen LogP contribution in [0.1, 0.15) is 12.8 Å². The quantitative estimate of drug-likeness (QED) is 0.477. The van der Waals surface area contributed by atoms with E-state index < -0.39 is 11.9 Å². The molecular formula is C4H10MgO5. The molecule has 10 heavy (non-hydrogen) atoms. The lowest BCUT2D eigenvalue weighted by molar-refractivity contribution is -0.143. The highest BCUT2D eigenvalue weighted by molar-refractivity contribution is 5.75. The molecule has 0 heterocycles. The molecule has 58 valence electrons. The van der Waals surface area contributed by atoms with E-state index in [9.17, 15) is 9.59 Å². The maximum atomic E-state index is 9.64. The third-order valence-electron chi connectivity index (χ3n) is 0.553. The molecule has 0 saturated carbocycles. The normalized spacial score (nSPS) is 6.80. The Morgan fingerprint density at radius 1 is 1.00 bits per heavy atom. The second-order valence-corrected chi connectivity index (χ2v) is 1.29. The Kier molecular flexibility index (Phi) is 14.2. The van der Waals surface area contributed by atoms with Gasteiger partial charge in [0.2, 0.25) is 0 Å². The first-order valence-corrected chi connectivity index (χ1v) is 2.06. The molecule has 0 unspecified atom stereocenters. The summed E-state index contributed by atoms with van der Waals surface area (Å²) in [7, 11) is 0. The summed E-state index contributed by atoms with van der Waals surface area (Å²) in [5.41, 5.74) is 0. The molecule has 0 fully saturated rings. The Labute approximate surface area is 73.5 Å². The van der Waals surface area contributed by atoms with E-state index in [0.717, 1.165) is 0 Å². The maximum Gasteiger partial charge on any atom is 0.316 e. The van der Waals surface area contributed by atoms with Crippen LogP contribution in [0.5, 0.6) is 0 Å². The van der Waals surface area contributed by atoms with E-state index in [1.807, 2.05) is 0 Å². The van der Waals surface area contributed by atoms with Crippen molar-refractivity contribution >= 4 is 35.0 Å². The molecule has 0 atom stereocenters. The van der Waals surface area contributed by atoms with Crippen LogP contribution >= 0.6 is 0 Å². The van der Waals surface area contributed by atoms with Crippen LogP contribution in [0.15, 0.2) is 0 Å². The molecule has 0 aliphatic heterocycles. The molecule has 4 N–H and O–H groups in total. The van der Waals surface area contributed by atoms with E-state index in [2.05, 4.69) is 0 Å². The van der Waals surface area contributed by atoms with Crippen molar-refractivity contribution in [1.29, 1.82) is 0 Å². The molecule has 0 saturated heterocycles. The van der Waals surface area contributed by atoms with E-state index in [0.29, 0.717) is 0 Å². The molecule has 0 amide bonds. The zero-order chi connectivity index (χ0) is 6.57. The molecule has 6 heteroatoms. The van der Waals surface area contributed by atoms with Gasteiger partial charge in [0.1, 0.15) is 0 Å². The lowest BCUT2D eigenvalue weighted by atomic mass is 10.3. The van der Waals surface area contributed by atoms with Crippen LogP contribution in [0, 0.1) is 0 Å². The van der Waals surface area contributed by atoms with Gasteiger partial charge < -0.3 is 15.7 Å². The zero-order valence-corrected chi connectivity index (χ0v) is 4.63. The van der Waals surface area contributed by atoms with Crippen LogP contribution in [-0.4, -0.2) is 50.7 Å². The molecule has 0 aromatic carbocycles. The summed E-state index contributed by atoms with van der Waals surface area (Å²) < 4.78 is 0. The average molecular weight is 162 g/mol. The van der Waals surface area contributed by atoms with E-state index in [1.54, 1.807) is 0 Å². The van der Waals surface area contributed by atoms with E-state index in [1.165, 1.54) is 0 Å². The second kappa shape index (κ2) is 8.67. The first-order chi connectivity index (χ1) is 3.63. The molecule has 0 aliphatic rings. The fourth-order valence-corrected chi connectivity index (χ4v) is 0.214. The molecule has 5 nitrogen and oxygen atoms in total. The number of aliphatic carboxylic acids is 2. The van der Waals surface area contributed by atoms with Crippen molar-refractivity contribution in [3.63, 3.8) is 0 Å². The standard InChI is InChI=1S/C4H6O4.Mg.H2O.2H/c5-3(6)1-2-4(7)8;;;;/h1-2H2,(H,5,6)(H,7,8);;1H2;;. The predicted molar refractivity (Wildman–Crippen MR) is 36.7 cm³/mol. The lowest BCUT2D eigenvalue weighted by Gasteiger charge is -1.85. The Hall–Kier alpha value is -0.334. The van der Waals surface area contributed by atoms with Gasteiger partial charge in [-0.2, -0.15) is 0 Å². The molecule has 0 aromatic heterocycles. The van der Waals surface area contributed by atoms with Crippen LogP contribution in [0.3, 0.4) is 0 Å². The summed E-state index contributed by atoms with van der Waals surface area (Å²) in [6, 6.07) is 0. The van der Waals surface area contributed by atoms with Gasteiger partial charge in [0.15, 0.2) is 0 Å². The maximum absolute atomic E-state index is 9.64. The lowest BCUT2D eigenvalue weighted by Crippen LogP contribution is -2.00. The minimum atomic E-state index is -1.08. The number of carboxylic acids is 2. The van der Waals surface area contributed by atoms with Gasteiger partial charge in [-0.25, -0.2) is 0 Å². The molecule has 0 bridgehead atoms. The van der Waals surface area contributed by atoms with Crippen LogP contribution in [0.25, 0.3) is 0 Å². The minimum Gasteiger partial charge on any atom is -0.481 e. The monoisotopic (exact) mass is 162 g/mol. The van der Waals surface area contributed by atoms with Crippen molar-refractivity contribution in [2.75, 3.05) is 0 Å². The Morgan fingerprint density at radius 3 is 1.30 bits per heavy atom. The smallest absolute Gasteiger partial charge is 0.316 e. The highest BCUT2D eigenvalue weighted by Crippen LogP contribution is 1.85. The van der Waals surface area contributed by atoms with E-state index >= 15 is 0 Å². The second-order valence-electron chi connectivity index (χ2n) is 1.29. The Bertz CT molecular complexity index is 98.2. The fourth-order valence-electron chi connectivity index (χ4n) is 0.214. The first kappa shape index (κ1) is 16.3. The van der Waals surface area contributed by atoms with Gasteiger partial charge in [0.25, 0.3) is 0 Å². The fraction of sp³-hybridized carbons (Fsp3) is 0.500.